The van der Waals surface area contributed by atoms with E-state index in [-0.39, 0.29) is 0 Å². The Hall–Kier alpha value is -1.46. The van der Waals surface area contributed by atoms with E-state index in [2.05, 4.69) is 5.92 Å². The Morgan fingerprint density at radius 3 is 2.14 bits per heavy atom. The molecule has 0 bridgehead atoms. The van der Waals surface area contributed by atoms with Crippen LogP contribution in [0.2, 0.25) is 0 Å². The van der Waals surface area contributed by atoms with Crippen molar-refractivity contribution < 1.29 is 9.47 Å². The van der Waals surface area contributed by atoms with E-state index in [1.807, 2.05) is 31.2 Å². The minimum absolute atomic E-state index is 0.660. The van der Waals surface area contributed by atoms with Crippen LogP contribution >= 0.6 is 0 Å². The number of hydrogen-bond donors (Lipinski definition) is 0. The van der Waals surface area contributed by atoms with Crippen LogP contribution in [0, 0.1) is 12.3 Å². The van der Waals surface area contributed by atoms with Gasteiger partial charge in [0.2, 0.25) is 0 Å². The minimum Gasteiger partial charge on any atom is -0.497 e. The summed E-state index contributed by atoms with van der Waals surface area (Å²) in [6.07, 6.45) is 5.41. The molecule has 1 atom stereocenters. The molecule has 14 heavy (non-hydrogen) atoms. The predicted octanol–water partition coefficient (Wildman–Crippen LogP) is 2.19. The summed E-state index contributed by atoms with van der Waals surface area (Å²) in [5.74, 6) is 3.43. The molecule has 0 aromatic heterocycles. The van der Waals surface area contributed by atoms with Crippen molar-refractivity contribution in [2.24, 2.45) is 0 Å². The van der Waals surface area contributed by atoms with Crippen molar-refractivity contribution in [1.82, 2.24) is 0 Å². The van der Waals surface area contributed by atoms with E-state index in [9.17, 15) is 0 Å². The van der Waals surface area contributed by atoms with Crippen molar-refractivity contribution >= 4 is 0 Å². The highest BCUT2D eigenvalue weighted by Crippen LogP contribution is 2.25. The Morgan fingerprint density at radius 1 is 1.21 bits per heavy atom. The lowest BCUT2D eigenvalue weighted by Crippen LogP contribution is -2.21. The number of hydrogen-bond acceptors (Lipinski definition) is 2. The van der Waals surface area contributed by atoms with Gasteiger partial charge in [-0.15, -0.1) is 6.42 Å². The van der Waals surface area contributed by atoms with Gasteiger partial charge in [0.1, 0.15) is 5.75 Å². The second-order valence-electron chi connectivity index (χ2n) is 3.11. The van der Waals surface area contributed by atoms with Gasteiger partial charge in [-0.05, 0) is 24.6 Å². The van der Waals surface area contributed by atoms with Gasteiger partial charge in [0.15, 0.2) is 5.60 Å². The third kappa shape index (κ3) is 1.89. The Morgan fingerprint density at radius 2 is 1.79 bits per heavy atom. The summed E-state index contributed by atoms with van der Waals surface area (Å²) < 4.78 is 10.3. The summed E-state index contributed by atoms with van der Waals surface area (Å²) in [5.41, 5.74) is 0.287. The van der Waals surface area contributed by atoms with E-state index < -0.39 is 5.60 Å². The molecule has 0 fully saturated rings. The van der Waals surface area contributed by atoms with Crippen LogP contribution in [-0.2, 0) is 10.3 Å². The molecule has 1 aromatic rings. The van der Waals surface area contributed by atoms with Gasteiger partial charge < -0.3 is 9.47 Å². The van der Waals surface area contributed by atoms with Crippen LogP contribution in [0.1, 0.15) is 12.5 Å². The molecule has 0 radical (unpaired) electrons. The lowest BCUT2D eigenvalue weighted by Gasteiger charge is -2.22. The number of methoxy groups -OCH3 is 2. The lowest BCUT2D eigenvalue weighted by molar-refractivity contribution is 0.0553. The van der Waals surface area contributed by atoms with Gasteiger partial charge in [0, 0.05) is 7.11 Å². The fourth-order valence-electron chi connectivity index (χ4n) is 1.17. The highest BCUT2D eigenvalue weighted by atomic mass is 16.5. The van der Waals surface area contributed by atoms with Crippen molar-refractivity contribution in [1.29, 1.82) is 0 Å². The zero-order valence-electron chi connectivity index (χ0n) is 8.70. The van der Waals surface area contributed by atoms with Gasteiger partial charge in [-0.25, -0.2) is 0 Å². The van der Waals surface area contributed by atoms with Gasteiger partial charge >= 0.3 is 0 Å². The normalized spacial score (nSPS) is 14.1. The van der Waals surface area contributed by atoms with Crippen molar-refractivity contribution in [3.8, 4) is 18.1 Å². The third-order valence-corrected chi connectivity index (χ3v) is 2.32. The first-order valence-corrected chi connectivity index (χ1v) is 4.33. The van der Waals surface area contributed by atoms with Gasteiger partial charge in [-0.3, -0.25) is 0 Å². The summed E-state index contributed by atoms with van der Waals surface area (Å²) in [6.45, 7) is 1.86. The van der Waals surface area contributed by atoms with Crippen LogP contribution < -0.4 is 4.74 Å². The molecule has 2 heteroatoms. The Kier molecular flexibility index (Phi) is 3.16. The maximum Gasteiger partial charge on any atom is 0.150 e. The molecule has 0 aliphatic carbocycles. The topological polar surface area (TPSA) is 18.5 Å². The van der Waals surface area contributed by atoms with E-state index in [0.717, 1.165) is 11.3 Å². The second-order valence-corrected chi connectivity index (χ2v) is 3.11. The summed E-state index contributed by atoms with van der Waals surface area (Å²) in [4.78, 5) is 0. The zero-order chi connectivity index (χ0) is 10.6. The fraction of sp³-hybridized carbons (Fsp3) is 0.333. The highest BCUT2D eigenvalue weighted by Gasteiger charge is 2.22. The summed E-state index contributed by atoms with van der Waals surface area (Å²) >= 11 is 0. The van der Waals surface area contributed by atoms with Gasteiger partial charge in [0.05, 0.1) is 7.11 Å². The smallest absolute Gasteiger partial charge is 0.150 e. The van der Waals surface area contributed by atoms with E-state index in [4.69, 9.17) is 15.9 Å². The monoisotopic (exact) mass is 190 g/mol. The molecule has 0 saturated heterocycles. The first kappa shape index (κ1) is 10.6. The van der Waals surface area contributed by atoms with Crippen LogP contribution in [0.4, 0.5) is 0 Å². The number of ether oxygens (including phenoxy) is 2. The lowest BCUT2D eigenvalue weighted by atomic mass is 9.97. The Labute approximate surface area is 84.8 Å². The molecular formula is C12H14O2. The van der Waals surface area contributed by atoms with Gasteiger partial charge in [0.25, 0.3) is 0 Å². The largest absolute Gasteiger partial charge is 0.497 e. The molecule has 74 valence electrons. The molecular weight excluding hydrogens is 176 g/mol. The Bertz CT molecular complexity index is 334. The molecule has 0 N–H and O–H groups in total. The van der Waals surface area contributed by atoms with Crippen LogP contribution in [0.3, 0.4) is 0 Å². The van der Waals surface area contributed by atoms with E-state index in [1.54, 1.807) is 14.2 Å². The number of benzene rings is 1. The molecule has 1 rings (SSSR count). The van der Waals surface area contributed by atoms with Crippen molar-refractivity contribution in [3.63, 3.8) is 0 Å². The number of terminal acetylenes is 1. The third-order valence-electron chi connectivity index (χ3n) is 2.32. The molecule has 0 aliphatic rings. The predicted molar refractivity (Wildman–Crippen MR) is 56.2 cm³/mol. The maximum atomic E-state index is 5.41. The molecule has 0 heterocycles. The maximum absolute atomic E-state index is 5.41. The van der Waals surface area contributed by atoms with E-state index in [0.29, 0.717) is 0 Å². The van der Waals surface area contributed by atoms with Crippen LogP contribution in [0.5, 0.6) is 5.75 Å². The first-order valence-electron chi connectivity index (χ1n) is 4.33. The molecule has 0 amide bonds. The zero-order valence-corrected chi connectivity index (χ0v) is 8.70. The quantitative estimate of drug-likeness (QED) is 0.680. The van der Waals surface area contributed by atoms with E-state index in [1.165, 1.54) is 0 Å². The first-order chi connectivity index (χ1) is 6.66. The Balaban J connectivity index is 3.03. The van der Waals surface area contributed by atoms with Crippen LogP contribution in [-0.4, -0.2) is 14.2 Å². The average Bonchev–Trinajstić information content (AvgIpc) is 2.28. The minimum atomic E-state index is -0.660. The van der Waals surface area contributed by atoms with Gasteiger partial charge in [-0.1, -0.05) is 18.1 Å². The molecule has 0 spiro atoms. The molecule has 1 aromatic carbocycles. The fourth-order valence-corrected chi connectivity index (χ4v) is 1.17. The molecule has 0 aliphatic heterocycles. The summed E-state index contributed by atoms with van der Waals surface area (Å²) in [7, 11) is 3.23. The standard InChI is InChI=1S/C12H14O2/c1-5-12(2,14-4)10-6-8-11(13-3)9-7-10/h1,6-9H,2-4H3. The second kappa shape index (κ2) is 4.17. The molecule has 2 nitrogen and oxygen atoms in total. The van der Waals surface area contributed by atoms with E-state index >= 15 is 0 Å². The molecule has 1 unspecified atom stereocenters. The summed E-state index contributed by atoms with van der Waals surface area (Å²) in [5, 5.41) is 0. The SMILES string of the molecule is C#CC(C)(OC)c1ccc(OC)cc1. The number of rotatable bonds is 3. The van der Waals surface area contributed by atoms with Crippen molar-refractivity contribution in [3.05, 3.63) is 29.8 Å². The molecule has 0 saturated carbocycles. The van der Waals surface area contributed by atoms with Crippen molar-refractivity contribution in [2.75, 3.05) is 14.2 Å². The van der Waals surface area contributed by atoms with Crippen LogP contribution in [0.15, 0.2) is 24.3 Å². The van der Waals surface area contributed by atoms with Crippen LogP contribution in [0.25, 0.3) is 0 Å². The van der Waals surface area contributed by atoms with Gasteiger partial charge in [-0.2, -0.15) is 0 Å². The highest BCUT2D eigenvalue weighted by molar-refractivity contribution is 5.34. The summed E-state index contributed by atoms with van der Waals surface area (Å²) in [6, 6.07) is 7.54. The van der Waals surface area contributed by atoms with Crippen molar-refractivity contribution in [2.45, 2.75) is 12.5 Å². The average molecular weight is 190 g/mol.